The molecule has 0 saturated carbocycles. The lowest BCUT2D eigenvalue weighted by Crippen LogP contribution is -2.23. The zero-order valence-corrected chi connectivity index (χ0v) is 10.1. The number of aromatic nitrogens is 2. The van der Waals surface area contributed by atoms with Crippen molar-refractivity contribution in [2.24, 2.45) is 0 Å². The number of carbonyl (C=O) groups excluding carboxylic acids is 1. The molecule has 0 fully saturated rings. The fraction of sp³-hybridized carbons (Fsp3) is 0.182. The van der Waals surface area contributed by atoms with Crippen LogP contribution in [0.1, 0.15) is 16.1 Å². The fourth-order valence-corrected chi connectivity index (χ4v) is 1.91. The number of carbonyl (C=O) groups is 1. The van der Waals surface area contributed by atoms with Crippen LogP contribution in [0, 0.1) is 0 Å². The Bertz CT molecular complexity index is 481. The van der Waals surface area contributed by atoms with E-state index in [4.69, 9.17) is 0 Å². The van der Waals surface area contributed by atoms with Crippen molar-refractivity contribution in [3.63, 3.8) is 0 Å². The molecule has 2 aromatic heterocycles. The van der Waals surface area contributed by atoms with Crippen LogP contribution >= 0.6 is 11.3 Å². The zero-order chi connectivity index (χ0) is 12.1. The Morgan fingerprint density at radius 1 is 1.41 bits per heavy atom. The van der Waals surface area contributed by atoms with Gasteiger partial charge in [0.25, 0.3) is 5.91 Å². The molecule has 88 valence electrons. The molecule has 2 rings (SSSR count). The minimum absolute atomic E-state index is 0.216. The van der Waals surface area contributed by atoms with Crippen molar-refractivity contribution in [2.45, 2.75) is 6.54 Å². The standard InChI is InChI=1S/C11H12N4OS/c1-12-10-6-13-9(5-14-10)11(16)15-4-8-2-3-17-7-8/h2-3,5-7H,4H2,1H3,(H,12,14)(H,15,16). The van der Waals surface area contributed by atoms with Gasteiger partial charge in [-0.05, 0) is 22.4 Å². The normalized spacial score (nSPS) is 9.94. The summed E-state index contributed by atoms with van der Waals surface area (Å²) in [5.41, 5.74) is 1.40. The summed E-state index contributed by atoms with van der Waals surface area (Å²) in [6, 6.07) is 1.97. The summed E-state index contributed by atoms with van der Waals surface area (Å²) in [4.78, 5) is 19.8. The smallest absolute Gasteiger partial charge is 0.271 e. The average Bonchev–Trinajstić information content (AvgIpc) is 2.89. The average molecular weight is 248 g/mol. The first-order valence-corrected chi connectivity index (χ1v) is 6.03. The molecule has 0 aromatic carbocycles. The largest absolute Gasteiger partial charge is 0.372 e. The summed E-state index contributed by atoms with van der Waals surface area (Å²) in [5, 5.41) is 9.60. The van der Waals surface area contributed by atoms with E-state index in [1.54, 1.807) is 18.4 Å². The van der Waals surface area contributed by atoms with Gasteiger partial charge in [0.2, 0.25) is 0 Å². The van der Waals surface area contributed by atoms with Crippen LogP contribution in [-0.4, -0.2) is 22.9 Å². The van der Waals surface area contributed by atoms with Crippen molar-refractivity contribution in [1.29, 1.82) is 0 Å². The predicted octanol–water partition coefficient (Wildman–Crippen LogP) is 1.51. The molecule has 0 aliphatic heterocycles. The Morgan fingerprint density at radius 2 is 2.29 bits per heavy atom. The van der Waals surface area contributed by atoms with Crippen molar-refractivity contribution in [3.05, 3.63) is 40.5 Å². The number of hydrogen-bond acceptors (Lipinski definition) is 5. The molecule has 0 saturated heterocycles. The lowest BCUT2D eigenvalue weighted by atomic mass is 10.3. The molecule has 2 aromatic rings. The van der Waals surface area contributed by atoms with Crippen LogP contribution in [0.2, 0.25) is 0 Å². The third-order valence-corrected chi connectivity index (χ3v) is 2.91. The van der Waals surface area contributed by atoms with Gasteiger partial charge in [-0.2, -0.15) is 11.3 Å². The minimum atomic E-state index is -0.216. The topological polar surface area (TPSA) is 66.9 Å². The van der Waals surface area contributed by atoms with E-state index in [2.05, 4.69) is 20.6 Å². The number of amides is 1. The molecule has 0 atom stereocenters. The molecule has 0 aliphatic rings. The van der Waals surface area contributed by atoms with E-state index in [1.807, 2.05) is 16.8 Å². The Balaban J connectivity index is 1.95. The molecule has 5 nitrogen and oxygen atoms in total. The van der Waals surface area contributed by atoms with E-state index in [0.717, 1.165) is 5.56 Å². The maximum Gasteiger partial charge on any atom is 0.271 e. The monoisotopic (exact) mass is 248 g/mol. The molecule has 2 N–H and O–H groups in total. The number of rotatable bonds is 4. The maximum absolute atomic E-state index is 11.7. The third kappa shape index (κ3) is 3.01. The Morgan fingerprint density at radius 3 is 2.88 bits per heavy atom. The maximum atomic E-state index is 11.7. The van der Waals surface area contributed by atoms with Crippen LogP contribution in [0.3, 0.4) is 0 Å². The van der Waals surface area contributed by atoms with E-state index in [-0.39, 0.29) is 5.91 Å². The minimum Gasteiger partial charge on any atom is -0.372 e. The molecule has 0 bridgehead atoms. The highest BCUT2D eigenvalue weighted by molar-refractivity contribution is 7.07. The number of hydrogen-bond donors (Lipinski definition) is 2. The van der Waals surface area contributed by atoms with Gasteiger partial charge < -0.3 is 10.6 Å². The van der Waals surface area contributed by atoms with Gasteiger partial charge in [0.15, 0.2) is 0 Å². The van der Waals surface area contributed by atoms with Gasteiger partial charge in [-0.1, -0.05) is 0 Å². The van der Waals surface area contributed by atoms with Crippen molar-refractivity contribution < 1.29 is 4.79 Å². The van der Waals surface area contributed by atoms with E-state index in [0.29, 0.717) is 18.1 Å². The molecular formula is C11H12N4OS. The molecule has 17 heavy (non-hydrogen) atoms. The van der Waals surface area contributed by atoms with Gasteiger partial charge in [0.1, 0.15) is 11.5 Å². The lowest BCUT2D eigenvalue weighted by Gasteiger charge is -2.03. The molecule has 0 radical (unpaired) electrons. The van der Waals surface area contributed by atoms with Crippen LogP contribution in [0.4, 0.5) is 5.82 Å². The Hall–Kier alpha value is -1.95. The summed E-state index contributed by atoms with van der Waals surface area (Å²) in [6.07, 6.45) is 2.98. The first kappa shape index (κ1) is 11.5. The number of thiophene rings is 1. The second-order valence-electron chi connectivity index (χ2n) is 3.35. The van der Waals surface area contributed by atoms with Crippen LogP contribution in [0.5, 0.6) is 0 Å². The molecule has 2 heterocycles. The highest BCUT2D eigenvalue weighted by Gasteiger charge is 2.07. The van der Waals surface area contributed by atoms with Gasteiger partial charge in [0, 0.05) is 13.6 Å². The summed E-state index contributed by atoms with van der Waals surface area (Å²) >= 11 is 1.60. The van der Waals surface area contributed by atoms with Crippen LogP contribution in [-0.2, 0) is 6.54 Å². The molecule has 0 spiro atoms. The summed E-state index contributed by atoms with van der Waals surface area (Å²) in [5.74, 6) is 0.422. The molecule has 1 amide bonds. The van der Waals surface area contributed by atoms with Gasteiger partial charge in [-0.3, -0.25) is 4.79 Å². The van der Waals surface area contributed by atoms with E-state index in [9.17, 15) is 4.79 Å². The summed E-state index contributed by atoms with van der Waals surface area (Å²) < 4.78 is 0. The molecular weight excluding hydrogens is 236 g/mol. The second-order valence-corrected chi connectivity index (χ2v) is 4.13. The molecule has 0 aliphatic carbocycles. The van der Waals surface area contributed by atoms with Crippen molar-refractivity contribution in [1.82, 2.24) is 15.3 Å². The molecule has 6 heteroatoms. The van der Waals surface area contributed by atoms with Crippen molar-refractivity contribution >= 4 is 23.1 Å². The van der Waals surface area contributed by atoms with Gasteiger partial charge in [-0.25, -0.2) is 9.97 Å². The van der Waals surface area contributed by atoms with E-state index >= 15 is 0 Å². The Kier molecular flexibility index (Phi) is 3.66. The summed E-state index contributed by atoms with van der Waals surface area (Å²) in [6.45, 7) is 0.512. The number of nitrogens with zero attached hydrogens (tertiary/aromatic N) is 2. The first-order valence-electron chi connectivity index (χ1n) is 5.08. The Labute approximate surface area is 103 Å². The number of nitrogens with one attached hydrogen (secondary N) is 2. The first-order chi connectivity index (χ1) is 8.29. The van der Waals surface area contributed by atoms with E-state index in [1.165, 1.54) is 12.4 Å². The van der Waals surface area contributed by atoms with Gasteiger partial charge in [-0.15, -0.1) is 0 Å². The van der Waals surface area contributed by atoms with Crippen LogP contribution < -0.4 is 10.6 Å². The highest BCUT2D eigenvalue weighted by Crippen LogP contribution is 2.05. The summed E-state index contributed by atoms with van der Waals surface area (Å²) in [7, 11) is 1.75. The predicted molar refractivity (Wildman–Crippen MR) is 67.1 cm³/mol. The molecule has 0 unspecified atom stereocenters. The van der Waals surface area contributed by atoms with Gasteiger partial charge >= 0.3 is 0 Å². The van der Waals surface area contributed by atoms with E-state index < -0.39 is 0 Å². The third-order valence-electron chi connectivity index (χ3n) is 2.17. The van der Waals surface area contributed by atoms with Crippen LogP contribution in [0.15, 0.2) is 29.2 Å². The van der Waals surface area contributed by atoms with Crippen molar-refractivity contribution in [2.75, 3.05) is 12.4 Å². The zero-order valence-electron chi connectivity index (χ0n) is 9.30. The van der Waals surface area contributed by atoms with Crippen LogP contribution in [0.25, 0.3) is 0 Å². The number of anilines is 1. The lowest BCUT2D eigenvalue weighted by molar-refractivity contribution is 0.0945. The highest BCUT2D eigenvalue weighted by atomic mass is 32.1. The van der Waals surface area contributed by atoms with Gasteiger partial charge in [0.05, 0.1) is 12.4 Å². The van der Waals surface area contributed by atoms with Crippen molar-refractivity contribution in [3.8, 4) is 0 Å². The SMILES string of the molecule is CNc1cnc(C(=O)NCc2ccsc2)cn1. The quantitative estimate of drug-likeness (QED) is 0.860. The fourth-order valence-electron chi connectivity index (χ4n) is 1.24. The second kappa shape index (κ2) is 5.40.